The summed E-state index contributed by atoms with van der Waals surface area (Å²) in [5, 5.41) is 4.52. The van der Waals surface area contributed by atoms with Crippen LogP contribution in [-0.2, 0) is 0 Å². The summed E-state index contributed by atoms with van der Waals surface area (Å²) >= 11 is 0. The van der Waals surface area contributed by atoms with E-state index in [0.717, 1.165) is 0 Å². The lowest BCUT2D eigenvalue weighted by molar-refractivity contribution is 0.715. The first-order valence-corrected chi connectivity index (χ1v) is 8.94. The van der Waals surface area contributed by atoms with E-state index in [4.69, 9.17) is 0 Å². The molecule has 18 heavy (non-hydrogen) atoms. The van der Waals surface area contributed by atoms with Gasteiger partial charge in [-0.3, -0.25) is 0 Å². The standard InChI is InChI=1S/C16H26P2/c1-11(2)18(12(3)4)10-9-16(8)14(6)13(5)15(7)17-16/h1,3,9-10H2,2,4-8H3. The summed E-state index contributed by atoms with van der Waals surface area (Å²) in [4.78, 5) is 0. The molecule has 0 saturated heterocycles. The van der Waals surface area contributed by atoms with E-state index in [1.807, 2.05) is 0 Å². The van der Waals surface area contributed by atoms with Crippen molar-refractivity contribution in [2.45, 2.75) is 53.1 Å². The molecule has 0 radical (unpaired) electrons. The highest BCUT2D eigenvalue weighted by Gasteiger charge is 2.32. The molecule has 0 aromatic carbocycles. The Balaban J connectivity index is 2.81. The molecule has 0 nitrogen and oxygen atoms in total. The highest BCUT2D eigenvalue weighted by molar-refractivity contribution is 7.66. The molecule has 0 aromatic heterocycles. The molecule has 1 heterocycles. The minimum absolute atomic E-state index is 0.199. The molecule has 0 fully saturated rings. The Labute approximate surface area is 116 Å². The van der Waals surface area contributed by atoms with Gasteiger partial charge in [0.25, 0.3) is 0 Å². The number of hydrogen-bond donors (Lipinski definition) is 0. The van der Waals surface area contributed by atoms with Gasteiger partial charge < -0.3 is 0 Å². The van der Waals surface area contributed by atoms with Crippen molar-refractivity contribution >= 4 is 21.4 Å². The molecule has 2 heteroatoms. The van der Waals surface area contributed by atoms with Crippen molar-refractivity contribution in [2.24, 2.45) is 0 Å². The smallest absolute Gasteiger partial charge is 0.0311 e. The Morgan fingerprint density at radius 3 is 2.00 bits per heavy atom. The summed E-state index contributed by atoms with van der Waals surface area (Å²) in [5.41, 5.74) is 3.11. The maximum absolute atomic E-state index is 4.14. The van der Waals surface area contributed by atoms with Gasteiger partial charge in [-0.25, -0.2) is 0 Å². The first kappa shape index (κ1) is 15.9. The second-order valence-corrected chi connectivity index (χ2v) is 10.3. The van der Waals surface area contributed by atoms with E-state index in [9.17, 15) is 0 Å². The zero-order valence-corrected chi connectivity index (χ0v) is 14.5. The molecular weight excluding hydrogens is 254 g/mol. The summed E-state index contributed by atoms with van der Waals surface area (Å²) in [6, 6.07) is 0. The number of hydrogen-bond acceptors (Lipinski definition) is 0. The Morgan fingerprint density at radius 1 is 1.17 bits per heavy atom. The van der Waals surface area contributed by atoms with Gasteiger partial charge in [0.2, 0.25) is 0 Å². The van der Waals surface area contributed by atoms with Gasteiger partial charge in [-0.15, -0.1) is 0 Å². The fourth-order valence-corrected chi connectivity index (χ4v) is 6.39. The first-order chi connectivity index (χ1) is 8.19. The van der Waals surface area contributed by atoms with Crippen molar-refractivity contribution in [3.05, 3.63) is 34.9 Å². The van der Waals surface area contributed by atoms with Crippen LogP contribution in [0.5, 0.6) is 0 Å². The van der Waals surface area contributed by atoms with Crippen LogP contribution in [0, 0.1) is 0 Å². The predicted molar refractivity (Wildman–Crippen MR) is 90.4 cm³/mol. The van der Waals surface area contributed by atoms with Crippen LogP contribution in [0.25, 0.3) is 0 Å². The van der Waals surface area contributed by atoms with Crippen LogP contribution in [0.3, 0.4) is 0 Å². The predicted octanol–water partition coefficient (Wildman–Crippen LogP) is 6.17. The Bertz CT molecular complexity index is 426. The Kier molecular flexibility index (Phi) is 5.16. The molecule has 1 atom stereocenters. The van der Waals surface area contributed by atoms with Gasteiger partial charge in [0.15, 0.2) is 0 Å². The summed E-state index contributed by atoms with van der Waals surface area (Å²) < 4.78 is 0. The van der Waals surface area contributed by atoms with E-state index in [0.29, 0.717) is 5.16 Å². The highest BCUT2D eigenvalue weighted by Crippen LogP contribution is 2.54. The van der Waals surface area contributed by atoms with Crippen molar-refractivity contribution in [1.82, 2.24) is 0 Å². The number of rotatable bonds is 5. The molecule has 0 N–H and O–H groups in total. The van der Waals surface area contributed by atoms with Gasteiger partial charge in [-0.05, 0) is 65.0 Å². The van der Waals surface area contributed by atoms with Gasteiger partial charge in [-0.2, -0.15) is 0 Å². The molecule has 0 spiro atoms. The summed E-state index contributed by atoms with van der Waals surface area (Å²) in [6.45, 7) is 21.8. The van der Waals surface area contributed by atoms with Gasteiger partial charge in [0.05, 0.1) is 0 Å². The zero-order valence-electron chi connectivity index (χ0n) is 12.7. The quantitative estimate of drug-likeness (QED) is 0.528. The molecule has 0 amide bonds. The lowest BCUT2D eigenvalue weighted by atomic mass is 9.94. The van der Waals surface area contributed by atoms with E-state index >= 15 is 0 Å². The van der Waals surface area contributed by atoms with Crippen LogP contribution >= 0.6 is 16.1 Å². The van der Waals surface area contributed by atoms with Crippen molar-refractivity contribution in [3.8, 4) is 0 Å². The molecule has 0 aromatic rings. The van der Waals surface area contributed by atoms with E-state index in [-0.39, 0.29) is 7.92 Å². The van der Waals surface area contributed by atoms with Crippen LogP contribution < -0.4 is 0 Å². The average molecular weight is 280 g/mol. The minimum Gasteiger partial charge on any atom is -0.0953 e. The van der Waals surface area contributed by atoms with Gasteiger partial charge in [0.1, 0.15) is 0 Å². The molecule has 1 rings (SSSR count). The van der Waals surface area contributed by atoms with E-state index in [1.54, 1.807) is 10.9 Å². The van der Waals surface area contributed by atoms with Crippen LogP contribution in [-0.4, -0.2) is 16.6 Å². The molecule has 1 unspecified atom stereocenters. The maximum atomic E-state index is 4.14. The van der Waals surface area contributed by atoms with E-state index < -0.39 is 0 Å². The third kappa shape index (κ3) is 3.23. The second kappa shape index (κ2) is 5.85. The SMILES string of the molecule is C=C(C)P(CCC1(C)P=C(C)C(C)=C1C)C(=C)C. The average Bonchev–Trinajstić information content (AvgIpc) is 2.42. The normalized spacial score (nSPS) is 24.5. The van der Waals surface area contributed by atoms with Crippen LogP contribution in [0.4, 0.5) is 0 Å². The van der Waals surface area contributed by atoms with Crippen molar-refractivity contribution in [1.29, 1.82) is 0 Å². The fourth-order valence-electron chi connectivity index (χ4n) is 2.49. The summed E-state index contributed by atoms with van der Waals surface area (Å²) in [5.74, 6) is 0. The molecule has 100 valence electrons. The largest absolute Gasteiger partial charge is 0.0953 e. The van der Waals surface area contributed by atoms with Crippen molar-refractivity contribution < 1.29 is 0 Å². The third-order valence-electron chi connectivity index (χ3n) is 4.07. The molecule has 0 aliphatic carbocycles. The third-order valence-corrected chi connectivity index (χ3v) is 8.31. The van der Waals surface area contributed by atoms with Crippen molar-refractivity contribution in [2.75, 3.05) is 6.16 Å². The molecule has 0 saturated carbocycles. The zero-order chi connectivity index (χ0) is 14.1. The minimum atomic E-state index is -0.199. The molecular formula is C16H26P2. The molecule has 0 bridgehead atoms. The maximum Gasteiger partial charge on any atom is 0.0311 e. The second-order valence-electron chi connectivity index (χ2n) is 5.59. The molecule has 1 aliphatic heterocycles. The Morgan fingerprint density at radius 2 is 1.67 bits per heavy atom. The number of allylic oxidation sites excluding steroid dienone is 4. The monoisotopic (exact) mass is 280 g/mol. The van der Waals surface area contributed by atoms with Crippen LogP contribution in [0.1, 0.15) is 48.0 Å². The summed E-state index contributed by atoms with van der Waals surface area (Å²) in [6.07, 6.45) is 2.49. The lowest BCUT2D eigenvalue weighted by Crippen LogP contribution is -2.18. The Hall–Kier alpha value is -0.180. The fraction of sp³-hybridized carbons (Fsp3) is 0.562. The lowest BCUT2D eigenvalue weighted by Gasteiger charge is -2.27. The topological polar surface area (TPSA) is 0 Å². The first-order valence-electron chi connectivity index (χ1n) is 6.52. The van der Waals surface area contributed by atoms with Crippen LogP contribution in [0.2, 0.25) is 0 Å². The molecule has 1 aliphatic rings. The van der Waals surface area contributed by atoms with Crippen molar-refractivity contribution in [3.63, 3.8) is 0 Å². The van der Waals surface area contributed by atoms with E-state index in [1.165, 1.54) is 37.0 Å². The van der Waals surface area contributed by atoms with Gasteiger partial charge >= 0.3 is 0 Å². The van der Waals surface area contributed by atoms with Gasteiger partial charge in [0, 0.05) is 5.16 Å². The summed E-state index contributed by atoms with van der Waals surface area (Å²) in [7, 11) is 1.31. The highest BCUT2D eigenvalue weighted by atomic mass is 31.1. The van der Waals surface area contributed by atoms with E-state index in [2.05, 4.69) is 54.7 Å². The van der Waals surface area contributed by atoms with Crippen LogP contribution in [0.15, 0.2) is 34.9 Å². The van der Waals surface area contributed by atoms with Gasteiger partial charge in [-0.1, -0.05) is 45.5 Å².